The first kappa shape index (κ1) is 23.7. The maximum atomic E-state index is 10.8. The van der Waals surface area contributed by atoms with Gasteiger partial charge in [-0.25, -0.2) is 0 Å². The summed E-state index contributed by atoms with van der Waals surface area (Å²) in [5.74, 6) is 0.375. The molecule has 4 nitrogen and oxygen atoms in total. The highest BCUT2D eigenvalue weighted by Gasteiger charge is 2.21. The summed E-state index contributed by atoms with van der Waals surface area (Å²) in [6.07, 6.45) is 0.909. The van der Waals surface area contributed by atoms with E-state index in [1.807, 2.05) is 42.5 Å². The molecule has 1 atom stereocenters. The van der Waals surface area contributed by atoms with E-state index in [1.54, 1.807) is 6.07 Å². The average Bonchev–Trinajstić information content (AvgIpc) is 2.77. The molecule has 0 saturated carbocycles. The molecule has 3 aromatic rings. The highest BCUT2D eigenvalue weighted by molar-refractivity contribution is 5.51. The van der Waals surface area contributed by atoms with Crippen LogP contribution in [0.25, 0.3) is 0 Å². The standard InChI is InChI=1S/C28H35N3O/c1-20(2)31(21(3)4)18-17-26(23-9-7-6-8-10-23)27-19-25(15-16-28(27)32)30-29-24-13-11-22(5)12-14-24/h6-16,19-21,26,32H,17-18H2,1-5H3. The first-order valence-corrected chi connectivity index (χ1v) is 11.5. The van der Waals surface area contributed by atoms with Gasteiger partial charge >= 0.3 is 0 Å². The third-order valence-corrected chi connectivity index (χ3v) is 5.91. The van der Waals surface area contributed by atoms with Gasteiger partial charge in [0, 0.05) is 23.6 Å². The van der Waals surface area contributed by atoms with Gasteiger partial charge in [0.15, 0.2) is 0 Å². The van der Waals surface area contributed by atoms with Crippen molar-refractivity contribution in [2.75, 3.05) is 6.54 Å². The van der Waals surface area contributed by atoms with Crippen molar-refractivity contribution < 1.29 is 5.11 Å². The van der Waals surface area contributed by atoms with Crippen LogP contribution in [-0.4, -0.2) is 28.6 Å². The molecule has 0 heterocycles. The van der Waals surface area contributed by atoms with Crippen LogP contribution in [0, 0.1) is 6.92 Å². The van der Waals surface area contributed by atoms with Gasteiger partial charge in [-0.3, -0.25) is 4.90 Å². The fourth-order valence-corrected chi connectivity index (χ4v) is 4.19. The molecule has 1 unspecified atom stereocenters. The highest BCUT2D eigenvalue weighted by Crippen LogP contribution is 2.37. The second kappa shape index (κ2) is 11.1. The molecule has 0 aromatic heterocycles. The Morgan fingerprint density at radius 3 is 2.00 bits per heavy atom. The Hall–Kier alpha value is -2.98. The van der Waals surface area contributed by atoms with Gasteiger partial charge in [-0.2, -0.15) is 10.2 Å². The quantitative estimate of drug-likeness (QED) is 0.353. The molecule has 0 saturated heterocycles. The molecule has 0 aliphatic heterocycles. The van der Waals surface area contributed by atoms with E-state index < -0.39 is 0 Å². The van der Waals surface area contributed by atoms with Gasteiger partial charge < -0.3 is 5.11 Å². The van der Waals surface area contributed by atoms with E-state index in [0.717, 1.165) is 29.9 Å². The van der Waals surface area contributed by atoms with Gasteiger partial charge in [0.25, 0.3) is 0 Å². The molecule has 3 aromatic carbocycles. The summed E-state index contributed by atoms with van der Waals surface area (Å²) in [6, 6.07) is 24.8. The van der Waals surface area contributed by atoms with E-state index in [2.05, 4.69) is 74.0 Å². The number of benzene rings is 3. The van der Waals surface area contributed by atoms with Crippen molar-refractivity contribution in [2.24, 2.45) is 10.2 Å². The zero-order chi connectivity index (χ0) is 23.1. The van der Waals surface area contributed by atoms with Crippen LogP contribution >= 0.6 is 0 Å². The number of rotatable bonds is 9. The van der Waals surface area contributed by atoms with Gasteiger partial charge in [0.05, 0.1) is 11.4 Å². The van der Waals surface area contributed by atoms with Gasteiger partial charge in [-0.05, 0) is 83.5 Å². The van der Waals surface area contributed by atoms with E-state index in [-0.39, 0.29) is 5.92 Å². The maximum absolute atomic E-state index is 10.8. The summed E-state index contributed by atoms with van der Waals surface area (Å²) in [7, 11) is 0. The number of nitrogens with zero attached hydrogens (tertiary/aromatic N) is 3. The second-order valence-corrected chi connectivity index (χ2v) is 8.96. The lowest BCUT2D eigenvalue weighted by Crippen LogP contribution is -2.38. The fourth-order valence-electron chi connectivity index (χ4n) is 4.19. The Morgan fingerprint density at radius 2 is 1.38 bits per heavy atom. The largest absolute Gasteiger partial charge is 0.508 e. The zero-order valence-electron chi connectivity index (χ0n) is 19.9. The smallest absolute Gasteiger partial charge is 0.119 e. The van der Waals surface area contributed by atoms with E-state index >= 15 is 0 Å². The van der Waals surface area contributed by atoms with Crippen LogP contribution in [0.2, 0.25) is 0 Å². The molecule has 32 heavy (non-hydrogen) atoms. The second-order valence-electron chi connectivity index (χ2n) is 8.96. The third-order valence-electron chi connectivity index (χ3n) is 5.91. The molecule has 3 rings (SSSR count). The Kier molecular flexibility index (Phi) is 8.18. The van der Waals surface area contributed by atoms with Crippen LogP contribution < -0.4 is 0 Å². The molecule has 0 radical (unpaired) electrons. The fraction of sp³-hybridized carbons (Fsp3) is 0.357. The Morgan fingerprint density at radius 1 is 0.781 bits per heavy atom. The molecule has 0 aliphatic carbocycles. The van der Waals surface area contributed by atoms with E-state index in [1.165, 1.54) is 11.1 Å². The molecule has 4 heteroatoms. The first-order chi connectivity index (χ1) is 15.3. The molecule has 0 amide bonds. The van der Waals surface area contributed by atoms with Crippen LogP contribution in [0.1, 0.15) is 56.7 Å². The van der Waals surface area contributed by atoms with Crippen LogP contribution in [0.4, 0.5) is 11.4 Å². The minimum atomic E-state index is 0.0747. The van der Waals surface area contributed by atoms with Crippen molar-refractivity contribution in [2.45, 2.75) is 59.0 Å². The Labute approximate surface area is 192 Å². The SMILES string of the molecule is Cc1ccc(N=Nc2ccc(O)c(C(CCN(C(C)C)C(C)C)c3ccccc3)c2)cc1. The predicted octanol–water partition coefficient (Wildman–Crippen LogP) is 7.76. The Bertz CT molecular complexity index is 1000. The maximum Gasteiger partial charge on any atom is 0.119 e. The van der Waals surface area contributed by atoms with Crippen molar-refractivity contribution in [1.82, 2.24) is 4.90 Å². The number of aromatic hydroxyl groups is 1. The lowest BCUT2D eigenvalue weighted by atomic mass is 9.87. The first-order valence-electron chi connectivity index (χ1n) is 11.5. The third kappa shape index (κ3) is 6.27. The van der Waals surface area contributed by atoms with Crippen LogP contribution in [0.3, 0.4) is 0 Å². The minimum Gasteiger partial charge on any atom is -0.508 e. The molecule has 168 valence electrons. The van der Waals surface area contributed by atoms with Crippen molar-refractivity contribution >= 4 is 11.4 Å². The monoisotopic (exact) mass is 429 g/mol. The van der Waals surface area contributed by atoms with Gasteiger partial charge in [-0.1, -0.05) is 48.0 Å². The van der Waals surface area contributed by atoms with E-state index in [9.17, 15) is 5.11 Å². The zero-order valence-corrected chi connectivity index (χ0v) is 19.9. The molecular weight excluding hydrogens is 394 g/mol. The van der Waals surface area contributed by atoms with Gasteiger partial charge in [-0.15, -0.1) is 0 Å². The highest BCUT2D eigenvalue weighted by atomic mass is 16.3. The summed E-state index contributed by atoms with van der Waals surface area (Å²) < 4.78 is 0. The number of aryl methyl sites for hydroxylation is 1. The lowest BCUT2D eigenvalue weighted by molar-refractivity contribution is 0.170. The van der Waals surface area contributed by atoms with Crippen LogP contribution in [-0.2, 0) is 0 Å². The predicted molar refractivity (Wildman–Crippen MR) is 133 cm³/mol. The van der Waals surface area contributed by atoms with Crippen molar-refractivity contribution in [1.29, 1.82) is 0 Å². The topological polar surface area (TPSA) is 48.2 Å². The molecule has 0 spiro atoms. The summed E-state index contributed by atoms with van der Waals surface area (Å²) in [5.41, 5.74) is 4.84. The number of hydrogen-bond donors (Lipinski definition) is 1. The molecule has 0 aliphatic rings. The van der Waals surface area contributed by atoms with Crippen molar-refractivity contribution in [3.05, 3.63) is 89.5 Å². The summed E-state index contributed by atoms with van der Waals surface area (Å²) >= 11 is 0. The minimum absolute atomic E-state index is 0.0747. The summed E-state index contributed by atoms with van der Waals surface area (Å²) in [6.45, 7) is 11.9. The molecule has 1 N–H and O–H groups in total. The van der Waals surface area contributed by atoms with E-state index in [4.69, 9.17) is 0 Å². The number of phenols is 1. The number of phenolic OH excluding ortho intramolecular Hbond substituents is 1. The van der Waals surface area contributed by atoms with E-state index in [0.29, 0.717) is 17.8 Å². The normalized spacial score (nSPS) is 12.9. The molecule has 0 bridgehead atoms. The van der Waals surface area contributed by atoms with Gasteiger partial charge in [0.1, 0.15) is 5.75 Å². The summed E-state index contributed by atoms with van der Waals surface area (Å²) in [5, 5.41) is 19.6. The van der Waals surface area contributed by atoms with Gasteiger partial charge in [0.2, 0.25) is 0 Å². The lowest BCUT2D eigenvalue weighted by Gasteiger charge is -2.32. The average molecular weight is 430 g/mol. The molecular formula is C28H35N3O. The van der Waals surface area contributed by atoms with Crippen molar-refractivity contribution in [3.8, 4) is 5.75 Å². The Balaban J connectivity index is 1.91. The van der Waals surface area contributed by atoms with Crippen LogP contribution in [0.15, 0.2) is 83.0 Å². The molecule has 0 fully saturated rings. The number of azo groups is 1. The summed E-state index contributed by atoms with van der Waals surface area (Å²) in [4.78, 5) is 2.49. The number of hydrogen-bond acceptors (Lipinski definition) is 4. The van der Waals surface area contributed by atoms with Crippen molar-refractivity contribution in [3.63, 3.8) is 0 Å². The van der Waals surface area contributed by atoms with Crippen LogP contribution in [0.5, 0.6) is 5.75 Å².